The van der Waals surface area contributed by atoms with Gasteiger partial charge in [-0.3, -0.25) is 4.98 Å². The number of aromatic nitrogens is 2. The summed E-state index contributed by atoms with van der Waals surface area (Å²) in [4.78, 5) is 23.5. The van der Waals surface area contributed by atoms with E-state index in [4.69, 9.17) is 9.72 Å². The lowest BCUT2D eigenvalue weighted by Crippen LogP contribution is -2.43. The van der Waals surface area contributed by atoms with Gasteiger partial charge in [0.2, 0.25) is 0 Å². The van der Waals surface area contributed by atoms with Crippen LogP contribution in [0.1, 0.15) is 0 Å². The molecule has 5 rings (SSSR count). The average molecular weight is 476 g/mol. The SMILES string of the molecule is O=C(Nc1cccc(F)c1)Nc1ccc(Oc2ccc3ncc(N4CCNCC4)nc3c2)cc1F. The number of halogens is 2. The topological polar surface area (TPSA) is 91.4 Å². The maximum atomic E-state index is 14.6. The maximum Gasteiger partial charge on any atom is 0.323 e. The van der Waals surface area contributed by atoms with Gasteiger partial charge in [-0.05, 0) is 42.5 Å². The van der Waals surface area contributed by atoms with Crippen molar-refractivity contribution >= 4 is 34.3 Å². The molecule has 1 saturated heterocycles. The maximum absolute atomic E-state index is 14.6. The normalized spacial score (nSPS) is 13.5. The first kappa shape index (κ1) is 22.5. The van der Waals surface area contributed by atoms with Crippen molar-refractivity contribution in [3.8, 4) is 11.5 Å². The summed E-state index contributed by atoms with van der Waals surface area (Å²) >= 11 is 0. The van der Waals surface area contributed by atoms with Gasteiger partial charge in [0.1, 0.15) is 29.0 Å². The number of rotatable bonds is 5. The zero-order chi connectivity index (χ0) is 24.2. The van der Waals surface area contributed by atoms with Crippen LogP contribution in [0.5, 0.6) is 11.5 Å². The molecule has 0 saturated carbocycles. The lowest BCUT2D eigenvalue weighted by molar-refractivity contribution is 0.262. The molecule has 4 aromatic rings. The van der Waals surface area contributed by atoms with Gasteiger partial charge in [0.25, 0.3) is 0 Å². The number of carbonyl (C=O) groups excluding carboxylic acids is 1. The fourth-order valence-corrected chi connectivity index (χ4v) is 3.74. The Bertz CT molecular complexity index is 1380. The Labute approximate surface area is 200 Å². The molecule has 2 amide bonds. The molecule has 3 aromatic carbocycles. The number of hydrogen-bond donors (Lipinski definition) is 3. The number of amides is 2. The van der Waals surface area contributed by atoms with E-state index in [2.05, 4.69) is 25.8 Å². The van der Waals surface area contributed by atoms with E-state index in [1.807, 2.05) is 0 Å². The zero-order valence-corrected chi connectivity index (χ0v) is 18.6. The molecule has 1 fully saturated rings. The van der Waals surface area contributed by atoms with E-state index in [9.17, 15) is 13.6 Å². The molecule has 8 nitrogen and oxygen atoms in total. The van der Waals surface area contributed by atoms with Crippen molar-refractivity contribution in [1.82, 2.24) is 15.3 Å². The van der Waals surface area contributed by atoms with Gasteiger partial charge in [0.05, 0.1) is 22.9 Å². The van der Waals surface area contributed by atoms with Crippen molar-refractivity contribution in [3.05, 3.63) is 78.5 Å². The Morgan fingerprint density at radius 1 is 0.943 bits per heavy atom. The van der Waals surface area contributed by atoms with E-state index in [-0.39, 0.29) is 17.1 Å². The molecule has 0 unspecified atom stereocenters. The van der Waals surface area contributed by atoms with Gasteiger partial charge >= 0.3 is 6.03 Å². The Hall–Kier alpha value is -4.31. The zero-order valence-electron chi connectivity index (χ0n) is 18.6. The number of hydrogen-bond acceptors (Lipinski definition) is 6. The van der Waals surface area contributed by atoms with Crippen molar-refractivity contribution in [2.45, 2.75) is 0 Å². The second kappa shape index (κ2) is 9.90. The van der Waals surface area contributed by atoms with Gasteiger partial charge in [0, 0.05) is 44.0 Å². The molecule has 0 aliphatic carbocycles. The first-order valence-corrected chi connectivity index (χ1v) is 11.1. The highest BCUT2D eigenvalue weighted by Crippen LogP contribution is 2.28. The number of piperazine rings is 1. The largest absolute Gasteiger partial charge is 0.457 e. The summed E-state index contributed by atoms with van der Waals surface area (Å²) in [6, 6.07) is 14.1. The predicted molar refractivity (Wildman–Crippen MR) is 130 cm³/mol. The summed E-state index contributed by atoms with van der Waals surface area (Å²) in [6.07, 6.45) is 1.76. The van der Waals surface area contributed by atoms with Crippen molar-refractivity contribution in [3.63, 3.8) is 0 Å². The summed E-state index contributed by atoms with van der Waals surface area (Å²) in [7, 11) is 0. The highest BCUT2D eigenvalue weighted by Gasteiger charge is 2.14. The van der Waals surface area contributed by atoms with Crippen molar-refractivity contribution < 1.29 is 18.3 Å². The second-order valence-electron chi connectivity index (χ2n) is 7.95. The van der Waals surface area contributed by atoms with Crippen LogP contribution in [0.2, 0.25) is 0 Å². The molecule has 35 heavy (non-hydrogen) atoms. The molecule has 1 aliphatic heterocycles. The first-order chi connectivity index (χ1) is 17.0. The highest BCUT2D eigenvalue weighted by atomic mass is 19.1. The van der Waals surface area contributed by atoms with E-state index in [0.29, 0.717) is 11.3 Å². The first-order valence-electron chi connectivity index (χ1n) is 11.1. The number of fused-ring (bicyclic) bond motifs is 1. The lowest BCUT2D eigenvalue weighted by Gasteiger charge is -2.28. The third-order valence-electron chi connectivity index (χ3n) is 5.45. The second-order valence-corrected chi connectivity index (χ2v) is 7.95. The molecule has 2 heterocycles. The number of carbonyl (C=O) groups is 1. The predicted octanol–water partition coefficient (Wildman–Crippen LogP) is 4.75. The summed E-state index contributed by atoms with van der Waals surface area (Å²) in [5.74, 6) is 0.361. The van der Waals surface area contributed by atoms with E-state index < -0.39 is 17.7 Å². The fourth-order valence-electron chi connectivity index (χ4n) is 3.74. The third kappa shape index (κ3) is 5.44. The summed E-state index contributed by atoms with van der Waals surface area (Å²) < 4.78 is 33.7. The fraction of sp³-hybridized carbons (Fsp3) is 0.160. The molecule has 0 spiro atoms. The molecule has 0 atom stereocenters. The minimum Gasteiger partial charge on any atom is -0.457 e. The van der Waals surface area contributed by atoms with Crippen LogP contribution in [0.25, 0.3) is 11.0 Å². The molecular weight excluding hydrogens is 454 g/mol. The van der Waals surface area contributed by atoms with Crippen molar-refractivity contribution in [2.24, 2.45) is 0 Å². The van der Waals surface area contributed by atoms with Crippen LogP contribution in [-0.2, 0) is 0 Å². The Morgan fingerprint density at radius 3 is 2.54 bits per heavy atom. The Morgan fingerprint density at radius 2 is 1.74 bits per heavy atom. The van der Waals surface area contributed by atoms with Gasteiger partial charge in [-0.25, -0.2) is 18.6 Å². The van der Waals surface area contributed by atoms with E-state index in [0.717, 1.165) is 43.6 Å². The van der Waals surface area contributed by atoms with Crippen molar-refractivity contribution in [1.29, 1.82) is 0 Å². The highest BCUT2D eigenvalue weighted by molar-refractivity contribution is 5.99. The summed E-state index contributed by atoms with van der Waals surface area (Å²) in [6.45, 7) is 3.50. The van der Waals surface area contributed by atoms with Crippen LogP contribution in [0.15, 0.2) is 66.9 Å². The monoisotopic (exact) mass is 476 g/mol. The summed E-state index contributed by atoms with van der Waals surface area (Å²) in [5, 5.41) is 8.16. The van der Waals surface area contributed by atoms with Crippen molar-refractivity contribution in [2.75, 3.05) is 41.7 Å². The Balaban J connectivity index is 1.27. The number of ether oxygens (including phenoxy) is 1. The number of nitrogens with one attached hydrogen (secondary N) is 3. The van der Waals surface area contributed by atoms with Gasteiger partial charge in [-0.2, -0.15) is 0 Å². The van der Waals surface area contributed by atoms with Gasteiger partial charge in [-0.1, -0.05) is 6.07 Å². The third-order valence-corrected chi connectivity index (χ3v) is 5.45. The lowest BCUT2D eigenvalue weighted by atomic mass is 10.2. The number of nitrogens with zero attached hydrogens (tertiary/aromatic N) is 3. The molecule has 10 heteroatoms. The van der Waals surface area contributed by atoms with Crippen LogP contribution in [0, 0.1) is 11.6 Å². The molecular formula is C25H22F2N6O2. The molecule has 0 bridgehead atoms. The Kier molecular flexibility index (Phi) is 6.36. The smallest absolute Gasteiger partial charge is 0.323 e. The standard InChI is InChI=1S/C25H22F2N6O2/c26-16-2-1-3-17(12-16)30-25(34)32-21-6-4-18(13-20(21)27)35-19-5-7-22-23(14-19)31-24(15-29-22)33-10-8-28-9-11-33/h1-7,12-15,28H,8-11H2,(H2,30,32,34). The number of anilines is 3. The number of benzene rings is 3. The summed E-state index contributed by atoms with van der Waals surface area (Å²) in [5.41, 5.74) is 1.61. The molecule has 178 valence electrons. The molecule has 0 radical (unpaired) electrons. The minimum absolute atomic E-state index is 0.0451. The van der Waals surface area contributed by atoms with Crippen LogP contribution >= 0.6 is 0 Å². The molecule has 1 aromatic heterocycles. The average Bonchev–Trinajstić information content (AvgIpc) is 2.86. The quantitative estimate of drug-likeness (QED) is 0.385. The number of urea groups is 1. The minimum atomic E-state index is -0.698. The van der Waals surface area contributed by atoms with Gasteiger partial charge in [0.15, 0.2) is 0 Å². The van der Waals surface area contributed by atoms with Crippen LogP contribution in [0.3, 0.4) is 0 Å². The molecule has 3 N–H and O–H groups in total. The van der Waals surface area contributed by atoms with E-state index in [1.54, 1.807) is 24.4 Å². The van der Waals surface area contributed by atoms with Gasteiger partial charge in [-0.15, -0.1) is 0 Å². The van der Waals surface area contributed by atoms with Crippen LogP contribution < -0.4 is 25.6 Å². The van der Waals surface area contributed by atoms with Gasteiger partial charge < -0.3 is 25.6 Å². The van der Waals surface area contributed by atoms with Crippen LogP contribution in [-0.4, -0.2) is 42.2 Å². The molecule has 1 aliphatic rings. The van der Waals surface area contributed by atoms with Crippen LogP contribution in [0.4, 0.5) is 30.8 Å². The van der Waals surface area contributed by atoms with E-state index in [1.165, 1.54) is 36.4 Å². The van der Waals surface area contributed by atoms with E-state index >= 15 is 0 Å².